The summed E-state index contributed by atoms with van der Waals surface area (Å²) in [5, 5.41) is 2.61. The first-order valence-electron chi connectivity index (χ1n) is 6.64. The van der Waals surface area contributed by atoms with E-state index in [2.05, 4.69) is 14.8 Å². The molecule has 1 aromatic heterocycles. The Morgan fingerprint density at radius 1 is 1.20 bits per heavy atom. The Morgan fingerprint density at radius 2 is 1.95 bits per heavy atom. The second kappa shape index (κ2) is 5.76. The number of nitrogen functional groups attached to an aromatic ring is 1. The number of hydrogen-bond donors (Lipinski definition) is 1. The summed E-state index contributed by atoms with van der Waals surface area (Å²) < 4.78 is 13.7. The molecule has 1 aromatic carbocycles. The minimum atomic E-state index is -0.145. The highest BCUT2D eigenvalue weighted by molar-refractivity contribution is 7.13. The van der Waals surface area contributed by atoms with Crippen molar-refractivity contribution in [3.63, 3.8) is 0 Å². The second-order valence-electron chi connectivity index (χ2n) is 4.89. The van der Waals surface area contributed by atoms with E-state index in [-0.39, 0.29) is 5.82 Å². The summed E-state index contributed by atoms with van der Waals surface area (Å²) in [7, 11) is 0. The molecule has 0 aliphatic carbocycles. The van der Waals surface area contributed by atoms with Gasteiger partial charge in [-0.1, -0.05) is 12.1 Å². The van der Waals surface area contributed by atoms with Crippen molar-refractivity contribution in [2.24, 2.45) is 0 Å². The highest BCUT2D eigenvalue weighted by atomic mass is 32.1. The number of rotatable bonds is 3. The summed E-state index contributed by atoms with van der Waals surface area (Å²) in [5.74, 6) is -0.145. The van der Waals surface area contributed by atoms with Gasteiger partial charge in [-0.2, -0.15) is 0 Å². The van der Waals surface area contributed by atoms with Crippen molar-refractivity contribution in [3.05, 3.63) is 41.2 Å². The maximum atomic E-state index is 13.7. The fraction of sp³-hybridized carbons (Fsp3) is 0.357. The maximum Gasteiger partial charge on any atom is 0.180 e. The van der Waals surface area contributed by atoms with Gasteiger partial charge in [0.05, 0.1) is 11.4 Å². The molecule has 6 heteroatoms. The van der Waals surface area contributed by atoms with Crippen LogP contribution in [-0.2, 0) is 6.54 Å². The molecule has 2 heterocycles. The number of halogens is 1. The van der Waals surface area contributed by atoms with Gasteiger partial charge in [0.25, 0.3) is 0 Å². The number of piperazine rings is 1. The Kier molecular flexibility index (Phi) is 3.84. The van der Waals surface area contributed by atoms with Crippen LogP contribution in [0.2, 0.25) is 0 Å². The Bertz CT molecular complexity index is 578. The molecule has 0 saturated carbocycles. The number of para-hydroxylation sites is 1. The van der Waals surface area contributed by atoms with Crippen molar-refractivity contribution < 1.29 is 4.39 Å². The molecular weight excluding hydrogens is 275 g/mol. The molecule has 1 fully saturated rings. The van der Waals surface area contributed by atoms with E-state index in [1.165, 1.54) is 17.4 Å². The van der Waals surface area contributed by atoms with E-state index in [0.717, 1.165) is 38.4 Å². The van der Waals surface area contributed by atoms with E-state index < -0.39 is 0 Å². The van der Waals surface area contributed by atoms with Gasteiger partial charge in [0.1, 0.15) is 5.82 Å². The van der Waals surface area contributed by atoms with Crippen molar-refractivity contribution in [1.82, 2.24) is 9.88 Å². The third-order valence-electron chi connectivity index (χ3n) is 3.52. The molecule has 0 spiro atoms. The van der Waals surface area contributed by atoms with Crippen molar-refractivity contribution in [2.45, 2.75) is 6.54 Å². The molecule has 0 radical (unpaired) electrons. The molecule has 2 N–H and O–H groups in total. The number of anilines is 2. The first-order valence-corrected chi connectivity index (χ1v) is 7.52. The smallest absolute Gasteiger partial charge is 0.180 e. The number of aromatic nitrogens is 1. The zero-order valence-electron chi connectivity index (χ0n) is 11.1. The van der Waals surface area contributed by atoms with E-state index in [1.807, 2.05) is 17.5 Å². The van der Waals surface area contributed by atoms with Gasteiger partial charge in [0.2, 0.25) is 0 Å². The van der Waals surface area contributed by atoms with Crippen molar-refractivity contribution in [1.29, 1.82) is 0 Å². The Labute approximate surface area is 121 Å². The third-order valence-corrected chi connectivity index (χ3v) is 4.24. The average Bonchev–Trinajstić information content (AvgIpc) is 2.86. The Hall–Kier alpha value is -1.66. The van der Waals surface area contributed by atoms with Gasteiger partial charge in [0.15, 0.2) is 5.13 Å². The van der Waals surface area contributed by atoms with Crippen LogP contribution < -0.4 is 10.6 Å². The number of nitrogens with two attached hydrogens (primary N) is 1. The first kappa shape index (κ1) is 13.3. The van der Waals surface area contributed by atoms with Gasteiger partial charge in [0, 0.05) is 38.1 Å². The topological polar surface area (TPSA) is 45.4 Å². The molecule has 1 aliphatic rings. The summed E-state index contributed by atoms with van der Waals surface area (Å²) in [5.41, 5.74) is 7.36. The van der Waals surface area contributed by atoms with Crippen molar-refractivity contribution in [2.75, 3.05) is 36.8 Å². The fourth-order valence-electron chi connectivity index (χ4n) is 2.48. The predicted octanol–water partition coefficient (Wildman–Crippen LogP) is 2.19. The van der Waals surface area contributed by atoms with Gasteiger partial charge in [-0.05, 0) is 12.1 Å². The first-order chi connectivity index (χ1) is 9.72. The monoisotopic (exact) mass is 292 g/mol. The van der Waals surface area contributed by atoms with Crippen LogP contribution >= 0.6 is 11.3 Å². The lowest BCUT2D eigenvalue weighted by molar-refractivity contribution is 0.247. The Morgan fingerprint density at radius 3 is 2.60 bits per heavy atom. The van der Waals surface area contributed by atoms with Gasteiger partial charge in [-0.25, -0.2) is 9.37 Å². The molecule has 0 atom stereocenters. The number of hydrogen-bond acceptors (Lipinski definition) is 5. The van der Waals surface area contributed by atoms with Crippen LogP contribution in [0.25, 0.3) is 0 Å². The number of benzene rings is 1. The lowest BCUT2D eigenvalue weighted by atomic mass is 10.2. The van der Waals surface area contributed by atoms with E-state index in [4.69, 9.17) is 5.73 Å². The molecule has 3 rings (SSSR count). The van der Waals surface area contributed by atoms with Crippen LogP contribution in [0.5, 0.6) is 0 Å². The van der Waals surface area contributed by atoms with Gasteiger partial charge < -0.3 is 10.6 Å². The molecule has 0 amide bonds. The summed E-state index contributed by atoms with van der Waals surface area (Å²) in [4.78, 5) is 8.70. The molecule has 4 nitrogen and oxygen atoms in total. The van der Waals surface area contributed by atoms with Crippen LogP contribution in [0.3, 0.4) is 0 Å². The minimum Gasteiger partial charge on any atom is -0.375 e. The van der Waals surface area contributed by atoms with Gasteiger partial charge >= 0.3 is 0 Å². The quantitative estimate of drug-likeness (QED) is 0.942. The van der Waals surface area contributed by atoms with Gasteiger partial charge in [-0.3, -0.25) is 4.90 Å². The molecule has 2 aromatic rings. The predicted molar refractivity (Wildman–Crippen MR) is 80.4 cm³/mol. The fourth-order valence-corrected chi connectivity index (χ4v) is 3.03. The van der Waals surface area contributed by atoms with Crippen LogP contribution in [-0.4, -0.2) is 36.1 Å². The standard InChI is InChI=1S/C14H17FN4S/c15-12-3-1-2-4-13(12)19-7-5-18(6-8-19)9-11-10-20-14(16)17-11/h1-4,10H,5-9H2,(H2,16,17). The van der Waals surface area contributed by atoms with Crippen LogP contribution in [0.1, 0.15) is 5.69 Å². The highest BCUT2D eigenvalue weighted by Crippen LogP contribution is 2.21. The molecule has 1 aliphatic heterocycles. The zero-order chi connectivity index (χ0) is 13.9. The largest absolute Gasteiger partial charge is 0.375 e. The Balaban J connectivity index is 1.58. The van der Waals surface area contributed by atoms with Crippen molar-refractivity contribution in [3.8, 4) is 0 Å². The normalized spacial score (nSPS) is 16.6. The SMILES string of the molecule is Nc1nc(CN2CCN(c3ccccc3F)CC2)cs1. The maximum absolute atomic E-state index is 13.7. The van der Waals surface area contributed by atoms with E-state index in [9.17, 15) is 4.39 Å². The van der Waals surface area contributed by atoms with E-state index >= 15 is 0 Å². The summed E-state index contributed by atoms with van der Waals surface area (Å²) in [6.07, 6.45) is 0. The average molecular weight is 292 g/mol. The molecule has 0 unspecified atom stereocenters. The molecule has 1 saturated heterocycles. The second-order valence-corrected chi connectivity index (χ2v) is 5.78. The van der Waals surface area contributed by atoms with Crippen LogP contribution in [0, 0.1) is 5.82 Å². The molecule has 106 valence electrons. The number of thiazole rings is 1. The number of nitrogens with zero attached hydrogens (tertiary/aromatic N) is 3. The van der Waals surface area contributed by atoms with E-state index in [1.54, 1.807) is 6.07 Å². The zero-order valence-corrected chi connectivity index (χ0v) is 11.9. The lowest BCUT2D eigenvalue weighted by Gasteiger charge is -2.35. The summed E-state index contributed by atoms with van der Waals surface area (Å²) >= 11 is 1.47. The summed E-state index contributed by atoms with van der Waals surface area (Å²) in [6, 6.07) is 6.95. The van der Waals surface area contributed by atoms with Gasteiger partial charge in [-0.15, -0.1) is 11.3 Å². The molecular formula is C14H17FN4S. The van der Waals surface area contributed by atoms with Crippen molar-refractivity contribution >= 4 is 22.2 Å². The molecule has 0 bridgehead atoms. The van der Waals surface area contributed by atoms with E-state index in [0.29, 0.717) is 10.8 Å². The molecule has 20 heavy (non-hydrogen) atoms. The summed E-state index contributed by atoms with van der Waals surface area (Å²) in [6.45, 7) is 4.30. The highest BCUT2D eigenvalue weighted by Gasteiger charge is 2.19. The van der Waals surface area contributed by atoms with Crippen LogP contribution in [0.4, 0.5) is 15.2 Å². The third kappa shape index (κ3) is 2.91. The van der Waals surface area contributed by atoms with Crippen LogP contribution in [0.15, 0.2) is 29.6 Å². The minimum absolute atomic E-state index is 0.145. The lowest BCUT2D eigenvalue weighted by Crippen LogP contribution is -2.46.